The van der Waals surface area contributed by atoms with E-state index in [0.717, 1.165) is 19.4 Å². The van der Waals surface area contributed by atoms with Gasteiger partial charge in [0.2, 0.25) is 5.91 Å². The highest BCUT2D eigenvalue weighted by atomic mass is 79.9. The second kappa shape index (κ2) is 5.60. The van der Waals surface area contributed by atoms with Gasteiger partial charge < -0.3 is 10.6 Å². The SMILES string of the molecule is O=C(Nc1cc(F)ccc1Br)[C@@H]1CCCNC1. The molecular formula is C12H14BrFN2O. The number of rotatable bonds is 2. The minimum atomic E-state index is -0.356. The van der Waals surface area contributed by atoms with Crippen LogP contribution in [-0.4, -0.2) is 19.0 Å². The highest BCUT2D eigenvalue weighted by Crippen LogP contribution is 2.24. The number of nitrogens with one attached hydrogen (secondary N) is 2. The minimum Gasteiger partial charge on any atom is -0.325 e. The predicted molar refractivity (Wildman–Crippen MR) is 68.3 cm³/mol. The van der Waals surface area contributed by atoms with Crippen molar-refractivity contribution < 1.29 is 9.18 Å². The summed E-state index contributed by atoms with van der Waals surface area (Å²) in [7, 11) is 0. The van der Waals surface area contributed by atoms with Gasteiger partial charge in [-0.15, -0.1) is 0 Å². The van der Waals surface area contributed by atoms with Gasteiger partial charge in [-0.1, -0.05) is 0 Å². The number of halogens is 2. The Morgan fingerprint density at radius 1 is 1.53 bits per heavy atom. The van der Waals surface area contributed by atoms with Crippen molar-refractivity contribution in [2.75, 3.05) is 18.4 Å². The second-order valence-corrected chi connectivity index (χ2v) is 5.01. The molecule has 1 saturated heterocycles. The standard InChI is InChI=1S/C12H14BrFN2O/c13-10-4-3-9(14)6-11(10)16-12(17)8-2-1-5-15-7-8/h3-4,6,8,15H,1-2,5,7H2,(H,16,17)/t8-/m1/s1. The largest absolute Gasteiger partial charge is 0.325 e. The molecule has 2 rings (SSSR count). The molecule has 5 heteroatoms. The molecular weight excluding hydrogens is 287 g/mol. The smallest absolute Gasteiger partial charge is 0.228 e. The van der Waals surface area contributed by atoms with Crippen molar-refractivity contribution in [3.05, 3.63) is 28.5 Å². The summed E-state index contributed by atoms with van der Waals surface area (Å²) in [5.41, 5.74) is 0.487. The molecule has 0 spiro atoms. The summed E-state index contributed by atoms with van der Waals surface area (Å²) in [5, 5.41) is 5.94. The lowest BCUT2D eigenvalue weighted by molar-refractivity contribution is -0.120. The van der Waals surface area contributed by atoms with Crippen molar-refractivity contribution in [2.24, 2.45) is 5.92 Å². The highest BCUT2D eigenvalue weighted by Gasteiger charge is 2.21. The maximum absolute atomic E-state index is 13.1. The molecule has 1 atom stereocenters. The first kappa shape index (κ1) is 12.5. The topological polar surface area (TPSA) is 41.1 Å². The molecule has 2 N–H and O–H groups in total. The molecule has 0 saturated carbocycles. The lowest BCUT2D eigenvalue weighted by atomic mass is 9.99. The molecule has 0 aromatic heterocycles. The van der Waals surface area contributed by atoms with E-state index in [1.165, 1.54) is 12.1 Å². The van der Waals surface area contributed by atoms with Gasteiger partial charge >= 0.3 is 0 Å². The molecule has 1 aromatic rings. The van der Waals surface area contributed by atoms with Crippen LogP contribution in [0.5, 0.6) is 0 Å². The summed E-state index contributed by atoms with van der Waals surface area (Å²) in [6.45, 7) is 1.66. The third-order valence-electron chi connectivity index (χ3n) is 2.85. The van der Waals surface area contributed by atoms with Crippen LogP contribution in [0.2, 0.25) is 0 Å². The van der Waals surface area contributed by atoms with Crippen LogP contribution in [-0.2, 0) is 4.79 Å². The zero-order valence-electron chi connectivity index (χ0n) is 9.30. The molecule has 1 aliphatic heterocycles. The molecule has 3 nitrogen and oxygen atoms in total. The van der Waals surface area contributed by atoms with E-state index in [2.05, 4.69) is 26.6 Å². The Balaban J connectivity index is 2.04. The fraction of sp³-hybridized carbons (Fsp3) is 0.417. The number of anilines is 1. The summed E-state index contributed by atoms with van der Waals surface area (Å²) in [5.74, 6) is -0.437. The van der Waals surface area contributed by atoms with E-state index in [9.17, 15) is 9.18 Å². The van der Waals surface area contributed by atoms with Crippen LogP contribution in [0.3, 0.4) is 0 Å². The Hall–Kier alpha value is -0.940. The number of benzene rings is 1. The van der Waals surface area contributed by atoms with Gasteiger partial charge in [-0.25, -0.2) is 4.39 Å². The van der Waals surface area contributed by atoms with Gasteiger partial charge in [-0.2, -0.15) is 0 Å². The fourth-order valence-corrected chi connectivity index (χ4v) is 2.25. The molecule has 0 bridgehead atoms. The lowest BCUT2D eigenvalue weighted by Gasteiger charge is -2.22. The maximum atomic E-state index is 13.1. The van der Waals surface area contributed by atoms with Crippen molar-refractivity contribution in [1.82, 2.24) is 5.32 Å². The number of hydrogen-bond acceptors (Lipinski definition) is 2. The number of carbonyl (C=O) groups is 1. The minimum absolute atomic E-state index is 0.0288. The van der Waals surface area contributed by atoms with E-state index < -0.39 is 0 Å². The molecule has 92 valence electrons. The van der Waals surface area contributed by atoms with E-state index in [4.69, 9.17) is 0 Å². The van der Waals surface area contributed by atoms with Gasteiger partial charge in [0.1, 0.15) is 5.82 Å². The molecule has 1 amide bonds. The van der Waals surface area contributed by atoms with Crippen molar-refractivity contribution in [2.45, 2.75) is 12.8 Å². The van der Waals surface area contributed by atoms with Crippen LogP contribution < -0.4 is 10.6 Å². The van der Waals surface area contributed by atoms with Gasteiger partial charge in [0.15, 0.2) is 0 Å². The van der Waals surface area contributed by atoms with E-state index in [0.29, 0.717) is 16.7 Å². The first-order valence-electron chi connectivity index (χ1n) is 5.63. The van der Waals surface area contributed by atoms with E-state index in [1.54, 1.807) is 6.07 Å². The Labute approximate surface area is 108 Å². The van der Waals surface area contributed by atoms with Crippen molar-refractivity contribution in [1.29, 1.82) is 0 Å². The molecule has 1 fully saturated rings. The maximum Gasteiger partial charge on any atom is 0.228 e. The van der Waals surface area contributed by atoms with Crippen LogP contribution in [0.15, 0.2) is 22.7 Å². The molecule has 1 heterocycles. The number of piperidine rings is 1. The first-order valence-corrected chi connectivity index (χ1v) is 6.43. The van der Waals surface area contributed by atoms with Crippen molar-refractivity contribution in [3.8, 4) is 0 Å². The number of amides is 1. The number of carbonyl (C=O) groups excluding carboxylic acids is 1. The average Bonchev–Trinajstić information content (AvgIpc) is 2.35. The van der Waals surface area contributed by atoms with Gasteiger partial charge in [0, 0.05) is 11.0 Å². The zero-order chi connectivity index (χ0) is 12.3. The Bertz CT molecular complexity index is 419. The van der Waals surface area contributed by atoms with Crippen LogP contribution in [0, 0.1) is 11.7 Å². The lowest BCUT2D eigenvalue weighted by Crippen LogP contribution is -2.37. The van der Waals surface area contributed by atoms with Crippen molar-refractivity contribution in [3.63, 3.8) is 0 Å². The van der Waals surface area contributed by atoms with Gasteiger partial charge in [-0.3, -0.25) is 4.79 Å². The van der Waals surface area contributed by atoms with Gasteiger partial charge in [-0.05, 0) is 53.5 Å². The highest BCUT2D eigenvalue weighted by molar-refractivity contribution is 9.10. The number of hydrogen-bond donors (Lipinski definition) is 2. The Morgan fingerprint density at radius 3 is 3.06 bits per heavy atom. The Kier molecular flexibility index (Phi) is 4.12. The van der Waals surface area contributed by atoms with E-state index >= 15 is 0 Å². The molecule has 0 unspecified atom stereocenters. The summed E-state index contributed by atoms with van der Waals surface area (Å²) >= 11 is 3.29. The normalized spacial score (nSPS) is 20.0. The van der Waals surface area contributed by atoms with Gasteiger partial charge in [0.25, 0.3) is 0 Å². The third-order valence-corrected chi connectivity index (χ3v) is 3.55. The van der Waals surface area contributed by atoms with E-state index in [-0.39, 0.29) is 17.6 Å². The van der Waals surface area contributed by atoms with Crippen LogP contribution in [0.25, 0.3) is 0 Å². The fourth-order valence-electron chi connectivity index (χ4n) is 1.90. The van der Waals surface area contributed by atoms with Crippen molar-refractivity contribution >= 4 is 27.5 Å². The molecule has 1 aromatic carbocycles. The summed E-state index contributed by atoms with van der Waals surface area (Å²) in [6, 6.07) is 4.25. The summed E-state index contributed by atoms with van der Waals surface area (Å²) in [6.07, 6.45) is 1.88. The first-order chi connectivity index (χ1) is 8.16. The Morgan fingerprint density at radius 2 is 2.35 bits per heavy atom. The van der Waals surface area contributed by atoms with Crippen LogP contribution in [0.1, 0.15) is 12.8 Å². The predicted octanol–water partition coefficient (Wildman–Crippen LogP) is 2.53. The second-order valence-electron chi connectivity index (χ2n) is 4.16. The summed E-state index contributed by atoms with van der Waals surface area (Å²) < 4.78 is 13.7. The quantitative estimate of drug-likeness (QED) is 0.881. The summed E-state index contributed by atoms with van der Waals surface area (Å²) in [4.78, 5) is 11.9. The third kappa shape index (κ3) is 3.26. The molecule has 0 radical (unpaired) electrons. The van der Waals surface area contributed by atoms with Gasteiger partial charge in [0.05, 0.1) is 11.6 Å². The average molecular weight is 301 g/mol. The van der Waals surface area contributed by atoms with E-state index in [1.807, 2.05) is 0 Å². The molecule has 0 aliphatic carbocycles. The van der Waals surface area contributed by atoms with Crippen LogP contribution >= 0.6 is 15.9 Å². The van der Waals surface area contributed by atoms with Crippen LogP contribution in [0.4, 0.5) is 10.1 Å². The monoisotopic (exact) mass is 300 g/mol. The zero-order valence-corrected chi connectivity index (χ0v) is 10.9. The molecule has 17 heavy (non-hydrogen) atoms. The molecule has 1 aliphatic rings.